The van der Waals surface area contributed by atoms with Crippen LogP contribution in [0.1, 0.15) is 0 Å². The van der Waals surface area contributed by atoms with Crippen molar-refractivity contribution in [2.24, 2.45) is 0 Å². The predicted octanol–water partition coefficient (Wildman–Crippen LogP) is 2.77. The Kier molecular flexibility index (Phi) is 2.46. The van der Waals surface area contributed by atoms with Crippen LogP contribution in [-0.2, 0) is 10.2 Å². The Morgan fingerprint density at radius 1 is 1.00 bits per heavy atom. The molecule has 19 heavy (non-hydrogen) atoms. The van der Waals surface area contributed by atoms with Crippen molar-refractivity contribution in [2.75, 3.05) is 9.03 Å². The molecule has 0 saturated heterocycles. The fourth-order valence-corrected chi connectivity index (χ4v) is 3.31. The van der Waals surface area contributed by atoms with E-state index in [2.05, 4.69) is 4.72 Å². The summed E-state index contributed by atoms with van der Waals surface area (Å²) in [7, 11) is -3.96. The Labute approximate surface area is 108 Å². The van der Waals surface area contributed by atoms with E-state index < -0.39 is 21.8 Å². The summed E-state index contributed by atoms with van der Waals surface area (Å²) in [5.41, 5.74) is 0.232. The fraction of sp³-hybridized carbons (Fsp3) is 0. The standard InChI is InChI=1S/C12H8F2N2O2S/c13-8-5-6-9(14)12(7-8)16-11-4-2-1-3-10(11)15-19(16,17)18/h1-7,15H. The van der Waals surface area contributed by atoms with Crippen molar-refractivity contribution < 1.29 is 17.2 Å². The van der Waals surface area contributed by atoms with Gasteiger partial charge >= 0.3 is 10.2 Å². The van der Waals surface area contributed by atoms with Gasteiger partial charge in [-0.2, -0.15) is 8.42 Å². The molecule has 0 aliphatic carbocycles. The molecule has 0 saturated carbocycles. The maximum absolute atomic E-state index is 13.8. The Morgan fingerprint density at radius 3 is 2.53 bits per heavy atom. The number of halogens is 2. The molecule has 0 spiro atoms. The van der Waals surface area contributed by atoms with Gasteiger partial charge < -0.3 is 0 Å². The number of anilines is 3. The number of hydrogen-bond donors (Lipinski definition) is 1. The third kappa shape index (κ3) is 1.82. The van der Waals surface area contributed by atoms with Gasteiger partial charge in [-0.3, -0.25) is 4.72 Å². The Balaban J connectivity index is 2.26. The predicted molar refractivity (Wildman–Crippen MR) is 67.5 cm³/mol. The van der Waals surface area contributed by atoms with Gasteiger partial charge in [0.2, 0.25) is 0 Å². The van der Waals surface area contributed by atoms with Crippen LogP contribution in [0.15, 0.2) is 42.5 Å². The van der Waals surface area contributed by atoms with Crippen LogP contribution in [0.4, 0.5) is 25.8 Å². The lowest BCUT2D eigenvalue weighted by Gasteiger charge is -2.17. The van der Waals surface area contributed by atoms with Gasteiger partial charge in [-0.1, -0.05) is 12.1 Å². The van der Waals surface area contributed by atoms with Gasteiger partial charge in [-0.25, -0.2) is 13.1 Å². The smallest absolute Gasteiger partial charge is 0.264 e. The molecular weight excluding hydrogens is 274 g/mol. The lowest BCUT2D eigenvalue weighted by molar-refractivity contribution is 0.592. The summed E-state index contributed by atoms with van der Waals surface area (Å²) in [5.74, 6) is -1.53. The Bertz CT molecular complexity index is 762. The fourth-order valence-electron chi connectivity index (χ4n) is 1.95. The Hall–Kier alpha value is -2.15. The van der Waals surface area contributed by atoms with Crippen molar-refractivity contribution in [3.05, 3.63) is 54.1 Å². The minimum Gasteiger partial charge on any atom is -0.264 e. The van der Waals surface area contributed by atoms with E-state index in [9.17, 15) is 17.2 Å². The molecule has 0 fully saturated rings. The summed E-state index contributed by atoms with van der Waals surface area (Å²) in [5, 5.41) is 0. The molecule has 98 valence electrons. The molecule has 3 rings (SSSR count). The lowest BCUT2D eigenvalue weighted by atomic mass is 10.2. The summed E-state index contributed by atoms with van der Waals surface area (Å²) in [6.07, 6.45) is 0. The van der Waals surface area contributed by atoms with Crippen LogP contribution in [0.5, 0.6) is 0 Å². The SMILES string of the molecule is O=S1(=O)Nc2ccccc2N1c1cc(F)ccc1F. The van der Waals surface area contributed by atoms with Gasteiger partial charge in [0.15, 0.2) is 0 Å². The number of nitrogens with zero attached hydrogens (tertiary/aromatic N) is 1. The van der Waals surface area contributed by atoms with Crippen LogP contribution in [0, 0.1) is 11.6 Å². The second-order valence-corrected chi connectivity index (χ2v) is 5.50. The van der Waals surface area contributed by atoms with Crippen LogP contribution in [0.25, 0.3) is 0 Å². The number of rotatable bonds is 1. The summed E-state index contributed by atoms with van der Waals surface area (Å²) in [6.45, 7) is 0. The molecule has 0 atom stereocenters. The highest BCUT2D eigenvalue weighted by Gasteiger charge is 2.35. The van der Waals surface area contributed by atoms with Crippen molar-refractivity contribution in [3.8, 4) is 0 Å². The quantitative estimate of drug-likeness (QED) is 0.874. The van der Waals surface area contributed by atoms with Gasteiger partial charge in [0.25, 0.3) is 0 Å². The second kappa shape index (κ2) is 3.92. The molecule has 1 aliphatic rings. The van der Waals surface area contributed by atoms with Crippen LogP contribution in [0.3, 0.4) is 0 Å². The van der Waals surface area contributed by atoms with Crippen LogP contribution in [-0.4, -0.2) is 8.42 Å². The maximum Gasteiger partial charge on any atom is 0.328 e. The Morgan fingerprint density at radius 2 is 1.74 bits per heavy atom. The number of nitrogens with one attached hydrogen (secondary N) is 1. The molecule has 0 amide bonds. The first kappa shape index (κ1) is 11.9. The molecule has 0 unspecified atom stereocenters. The van der Waals surface area contributed by atoms with E-state index in [1.807, 2.05) is 0 Å². The number of fused-ring (bicyclic) bond motifs is 1. The third-order valence-electron chi connectivity index (χ3n) is 2.73. The highest BCUT2D eigenvalue weighted by Crippen LogP contribution is 2.41. The first-order valence-electron chi connectivity index (χ1n) is 5.36. The zero-order chi connectivity index (χ0) is 13.6. The second-order valence-electron chi connectivity index (χ2n) is 3.98. The molecule has 4 nitrogen and oxygen atoms in total. The molecule has 2 aromatic rings. The van der Waals surface area contributed by atoms with Crippen molar-refractivity contribution in [1.82, 2.24) is 0 Å². The third-order valence-corrected chi connectivity index (χ3v) is 4.08. The number of benzene rings is 2. The van der Waals surface area contributed by atoms with Gasteiger partial charge in [0.05, 0.1) is 17.1 Å². The molecule has 0 aromatic heterocycles. The largest absolute Gasteiger partial charge is 0.328 e. The minimum absolute atomic E-state index is 0.256. The van der Waals surface area contributed by atoms with E-state index in [1.54, 1.807) is 18.2 Å². The van der Waals surface area contributed by atoms with Gasteiger partial charge in [-0.05, 0) is 24.3 Å². The van der Waals surface area contributed by atoms with E-state index in [0.717, 1.165) is 22.5 Å². The van der Waals surface area contributed by atoms with Crippen molar-refractivity contribution in [1.29, 1.82) is 0 Å². The average molecular weight is 282 g/mol. The maximum atomic E-state index is 13.8. The van der Waals surface area contributed by atoms with Gasteiger partial charge in [0, 0.05) is 6.07 Å². The van der Waals surface area contributed by atoms with E-state index >= 15 is 0 Å². The monoisotopic (exact) mass is 282 g/mol. The summed E-state index contributed by atoms with van der Waals surface area (Å²) in [6, 6.07) is 8.98. The van der Waals surface area contributed by atoms with Crippen LogP contribution < -0.4 is 9.03 Å². The van der Waals surface area contributed by atoms with Crippen LogP contribution >= 0.6 is 0 Å². The molecule has 0 radical (unpaired) electrons. The lowest BCUT2D eigenvalue weighted by Crippen LogP contribution is -2.26. The van der Waals surface area contributed by atoms with Crippen LogP contribution in [0.2, 0.25) is 0 Å². The zero-order valence-electron chi connectivity index (χ0n) is 9.47. The van der Waals surface area contributed by atoms with E-state index in [4.69, 9.17) is 0 Å². The normalized spacial score (nSPS) is 16.0. The molecule has 1 aliphatic heterocycles. The first-order valence-corrected chi connectivity index (χ1v) is 6.80. The summed E-state index contributed by atoms with van der Waals surface area (Å²) < 4.78 is 54.0. The highest BCUT2D eigenvalue weighted by molar-refractivity contribution is 7.95. The number of para-hydroxylation sites is 2. The van der Waals surface area contributed by atoms with Crippen molar-refractivity contribution in [2.45, 2.75) is 0 Å². The van der Waals surface area contributed by atoms with E-state index in [1.165, 1.54) is 6.07 Å². The topological polar surface area (TPSA) is 49.4 Å². The molecule has 1 heterocycles. The first-order chi connectivity index (χ1) is 8.99. The average Bonchev–Trinajstić information content (AvgIpc) is 2.62. The van der Waals surface area contributed by atoms with Crippen molar-refractivity contribution >= 4 is 27.3 Å². The van der Waals surface area contributed by atoms with Crippen molar-refractivity contribution in [3.63, 3.8) is 0 Å². The molecule has 2 aromatic carbocycles. The molecule has 7 heteroatoms. The highest BCUT2D eigenvalue weighted by atomic mass is 32.2. The van der Waals surface area contributed by atoms with E-state index in [-0.39, 0.29) is 11.4 Å². The van der Waals surface area contributed by atoms with Gasteiger partial charge in [-0.15, -0.1) is 0 Å². The molecular formula is C12H8F2N2O2S. The molecule has 0 bridgehead atoms. The minimum atomic E-state index is -3.96. The van der Waals surface area contributed by atoms with Gasteiger partial charge in [0.1, 0.15) is 11.6 Å². The van der Waals surface area contributed by atoms with E-state index in [0.29, 0.717) is 5.69 Å². The molecule has 1 N–H and O–H groups in total. The summed E-state index contributed by atoms with van der Waals surface area (Å²) >= 11 is 0. The summed E-state index contributed by atoms with van der Waals surface area (Å²) in [4.78, 5) is 0. The number of hydrogen-bond acceptors (Lipinski definition) is 2. The zero-order valence-corrected chi connectivity index (χ0v) is 10.3.